The number of hydrogen-bond acceptors (Lipinski definition) is 14. The van der Waals surface area contributed by atoms with E-state index in [1.165, 1.54) is 60.7 Å². The Morgan fingerprint density at radius 2 is 1.06 bits per heavy atom. The van der Waals surface area contributed by atoms with Crippen molar-refractivity contribution in [2.24, 2.45) is 0 Å². The molecule has 0 unspecified atom stereocenters. The summed E-state index contributed by atoms with van der Waals surface area (Å²) in [7, 11) is 0. The van der Waals surface area contributed by atoms with Gasteiger partial charge in [0.1, 0.15) is 11.5 Å². The number of aromatic carboxylic acids is 2. The van der Waals surface area contributed by atoms with E-state index in [0.29, 0.717) is 35.6 Å². The fourth-order valence-corrected chi connectivity index (χ4v) is 4.30. The van der Waals surface area contributed by atoms with Crippen LogP contribution in [0.25, 0.3) is 11.3 Å². The predicted octanol–water partition coefficient (Wildman–Crippen LogP) is 1.49. The van der Waals surface area contributed by atoms with Crippen LogP contribution in [-0.2, 0) is 0 Å². The van der Waals surface area contributed by atoms with Gasteiger partial charge in [0.2, 0.25) is 0 Å². The molecule has 20 nitrogen and oxygen atoms in total. The maximum atomic E-state index is 12.8. The van der Waals surface area contributed by atoms with Gasteiger partial charge in [0.15, 0.2) is 22.7 Å². The molecule has 0 atom stereocenters. The van der Waals surface area contributed by atoms with Crippen LogP contribution in [0.15, 0.2) is 60.7 Å². The average Bonchev–Trinajstić information content (AvgIpc) is 3.75. The number of nitrogens with zero attached hydrogens (tertiary/aromatic N) is 10. The van der Waals surface area contributed by atoms with E-state index in [2.05, 4.69) is 51.9 Å². The van der Waals surface area contributed by atoms with Gasteiger partial charge in [-0.15, -0.1) is 29.7 Å². The number of carboxylic acids is 2. The summed E-state index contributed by atoms with van der Waals surface area (Å²) in [5, 5.41) is 53.9. The molecule has 6 aromatic rings. The van der Waals surface area contributed by atoms with E-state index in [4.69, 9.17) is 9.47 Å². The van der Waals surface area contributed by atoms with Gasteiger partial charge in [0, 0.05) is 12.1 Å². The predicted molar refractivity (Wildman–Crippen MR) is 160 cm³/mol. The molecule has 0 aliphatic carbocycles. The number of rotatable bonds is 13. The summed E-state index contributed by atoms with van der Waals surface area (Å²) in [6.07, 6.45) is 1.06. The number of carbonyl (C=O) groups is 4. The van der Waals surface area contributed by atoms with Crippen LogP contribution in [0.1, 0.15) is 54.5 Å². The van der Waals surface area contributed by atoms with Gasteiger partial charge < -0.3 is 30.3 Å². The van der Waals surface area contributed by atoms with Crippen LogP contribution in [0.4, 0.5) is 11.4 Å². The van der Waals surface area contributed by atoms with Gasteiger partial charge in [-0.05, 0) is 82.2 Å². The normalized spacial score (nSPS) is 10.9. The summed E-state index contributed by atoms with van der Waals surface area (Å²) in [6.45, 7) is 0.469. The minimum atomic E-state index is -1.25. The average molecular weight is 655 g/mol. The Morgan fingerprint density at radius 1 is 0.625 bits per heavy atom. The van der Waals surface area contributed by atoms with Crippen LogP contribution in [-0.4, -0.2) is 97.7 Å². The van der Waals surface area contributed by atoms with Crippen molar-refractivity contribution < 1.29 is 38.9 Å². The largest absolute Gasteiger partial charge is 0.494 e. The Labute approximate surface area is 267 Å². The summed E-state index contributed by atoms with van der Waals surface area (Å²) < 4.78 is 13.6. The third-order valence-electron chi connectivity index (χ3n) is 6.62. The number of amides is 2. The Morgan fingerprint density at radius 3 is 1.48 bits per heavy atom. The number of nitrogens with one attached hydrogen (secondary N) is 2. The summed E-state index contributed by atoms with van der Waals surface area (Å²) in [4.78, 5) is 49.1. The lowest BCUT2D eigenvalue weighted by molar-refractivity contribution is 0.0686. The molecule has 2 amide bonds. The van der Waals surface area contributed by atoms with Gasteiger partial charge >= 0.3 is 11.9 Å². The summed E-state index contributed by atoms with van der Waals surface area (Å²) in [5.74, 6) is -3.22. The van der Waals surface area contributed by atoms with Crippen LogP contribution in [0.2, 0.25) is 0 Å². The number of benzene rings is 2. The van der Waals surface area contributed by atoms with Crippen molar-refractivity contribution in [1.82, 2.24) is 50.5 Å². The van der Waals surface area contributed by atoms with Crippen LogP contribution >= 0.6 is 0 Å². The van der Waals surface area contributed by atoms with Crippen molar-refractivity contribution >= 4 is 46.4 Å². The molecule has 0 radical (unpaired) electrons. The first-order chi connectivity index (χ1) is 23.2. The maximum absolute atomic E-state index is 12.8. The van der Waals surface area contributed by atoms with Gasteiger partial charge in [-0.2, -0.15) is 0 Å². The molecule has 0 fully saturated rings. The Bertz CT molecular complexity index is 2030. The highest BCUT2D eigenvalue weighted by molar-refractivity contribution is 6.07. The van der Waals surface area contributed by atoms with Crippen molar-refractivity contribution in [1.29, 1.82) is 0 Å². The van der Waals surface area contributed by atoms with Gasteiger partial charge in [-0.25, -0.2) is 9.59 Å². The van der Waals surface area contributed by atoms with Gasteiger partial charge in [-0.3, -0.25) is 9.59 Å². The van der Waals surface area contributed by atoms with Crippen LogP contribution in [0.5, 0.6) is 11.5 Å². The lowest BCUT2D eigenvalue weighted by atomic mass is 10.1. The Kier molecular flexibility index (Phi) is 8.67. The van der Waals surface area contributed by atoms with Crippen molar-refractivity contribution in [3.63, 3.8) is 0 Å². The fourth-order valence-electron chi connectivity index (χ4n) is 4.30. The van der Waals surface area contributed by atoms with Gasteiger partial charge in [-0.1, -0.05) is 0 Å². The van der Waals surface area contributed by atoms with E-state index in [9.17, 15) is 29.4 Å². The quantitative estimate of drug-likeness (QED) is 0.128. The third kappa shape index (κ3) is 6.91. The molecule has 0 aliphatic heterocycles. The SMILES string of the molecule is O=C(Nc1cc(OCCCCOc2ccc(C(=O)O)c(NC(=O)c3ccc4nnnn4n3)c2)ccc1C(=O)O)c1ccc2nnnn2n1. The first-order valence-electron chi connectivity index (χ1n) is 14.0. The van der Waals surface area contributed by atoms with Gasteiger partial charge in [0.05, 0.1) is 35.7 Å². The lowest BCUT2D eigenvalue weighted by Crippen LogP contribution is -2.18. The standard InChI is InChI=1S/C28H22N12O8/c41-25(19-7-9-23-31-35-37-39(23)33-19)29-21-13-15(3-5-17(21)27(43)44)47-11-1-2-12-48-16-4-6-18(28(45)46)22(14-16)30-26(42)20-8-10-24-32-36-38-40(24)34-20/h3-10,13-14H,1-2,11-12H2,(H,29,41)(H,30,42)(H,43,44)(H,45,46). The second-order valence-corrected chi connectivity index (χ2v) is 9.83. The number of anilines is 2. The molecule has 0 aliphatic rings. The van der Waals surface area contributed by atoms with Crippen molar-refractivity contribution in [3.05, 3.63) is 83.2 Å². The smallest absolute Gasteiger partial charge is 0.337 e. The molecule has 6 rings (SSSR count). The Balaban J connectivity index is 1.02. The number of carboxylic acid groups (broad SMARTS) is 2. The molecular formula is C28H22N12O8. The second-order valence-electron chi connectivity index (χ2n) is 9.83. The number of aromatic nitrogens is 10. The molecule has 0 spiro atoms. The lowest BCUT2D eigenvalue weighted by Gasteiger charge is -2.13. The number of tetrazole rings is 2. The van der Waals surface area contributed by atoms with Crippen LogP contribution in [0, 0.1) is 0 Å². The number of fused-ring (bicyclic) bond motifs is 2. The maximum Gasteiger partial charge on any atom is 0.337 e. The topological polar surface area (TPSA) is 263 Å². The zero-order chi connectivity index (χ0) is 33.6. The van der Waals surface area contributed by atoms with E-state index >= 15 is 0 Å². The summed E-state index contributed by atoms with van der Waals surface area (Å²) in [6, 6.07) is 14.1. The van der Waals surface area contributed by atoms with Gasteiger partial charge in [0.25, 0.3) is 11.8 Å². The molecule has 0 bridgehead atoms. The Hall–Kier alpha value is -7.12. The van der Waals surface area contributed by atoms with E-state index in [1.807, 2.05) is 0 Å². The monoisotopic (exact) mass is 654 g/mol. The first-order valence-corrected chi connectivity index (χ1v) is 14.0. The summed E-state index contributed by atoms with van der Waals surface area (Å²) >= 11 is 0. The third-order valence-corrected chi connectivity index (χ3v) is 6.62. The number of ether oxygens (including phenoxy) is 2. The van der Waals surface area contributed by atoms with Crippen molar-refractivity contribution in [3.8, 4) is 11.5 Å². The second kappa shape index (κ2) is 13.5. The molecule has 48 heavy (non-hydrogen) atoms. The zero-order valence-corrected chi connectivity index (χ0v) is 24.4. The molecule has 4 heterocycles. The molecule has 4 N–H and O–H groups in total. The van der Waals surface area contributed by atoms with Crippen molar-refractivity contribution in [2.75, 3.05) is 23.8 Å². The van der Waals surface area contributed by atoms with E-state index in [0.717, 1.165) is 9.26 Å². The van der Waals surface area contributed by atoms with Crippen LogP contribution < -0.4 is 20.1 Å². The van der Waals surface area contributed by atoms with E-state index in [-0.39, 0.29) is 47.1 Å². The highest BCUT2D eigenvalue weighted by Gasteiger charge is 2.18. The first kappa shape index (κ1) is 30.9. The summed E-state index contributed by atoms with van der Waals surface area (Å²) in [5.41, 5.74) is 0.298. The minimum Gasteiger partial charge on any atom is -0.494 e. The highest BCUT2D eigenvalue weighted by atomic mass is 16.5. The van der Waals surface area contributed by atoms with E-state index in [1.54, 1.807) is 0 Å². The number of hydrogen-bond donors (Lipinski definition) is 4. The molecular weight excluding hydrogens is 632 g/mol. The number of unbranched alkanes of at least 4 members (excludes halogenated alkanes) is 1. The molecule has 0 saturated carbocycles. The molecule has 20 heteroatoms. The molecule has 242 valence electrons. The highest BCUT2D eigenvalue weighted by Crippen LogP contribution is 2.25. The fraction of sp³-hybridized carbons (Fsp3) is 0.143. The van der Waals surface area contributed by atoms with Crippen molar-refractivity contribution in [2.45, 2.75) is 12.8 Å². The molecule has 2 aromatic carbocycles. The minimum absolute atomic E-state index is 0.00591. The van der Waals surface area contributed by atoms with E-state index < -0.39 is 23.8 Å². The molecule has 0 saturated heterocycles. The number of carbonyl (C=O) groups excluding carboxylic acids is 2. The van der Waals surface area contributed by atoms with Crippen LogP contribution in [0.3, 0.4) is 0 Å². The molecule has 4 aromatic heterocycles. The zero-order valence-electron chi connectivity index (χ0n) is 24.4.